The van der Waals surface area contributed by atoms with Crippen molar-refractivity contribution in [1.82, 2.24) is 20.0 Å². The van der Waals surface area contributed by atoms with E-state index >= 15 is 0 Å². The van der Waals surface area contributed by atoms with Crippen LogP contribution in [0.3, 0.4) is 0 Å². The van der Waals surface area contributed by atoms with Gasteiger partial charge < -0.3 is 10.3 Å². The Kier molecular flexibility index (Phi) is 3.59. The fourth-order valence-electron chi connectivity index (χ4n) is 3.75. The molecular weight excluding hydrogens is 332 g/mol. The number of nitrogens with one attached hydrogen (secondary N) is 4. The van der Waals surface area contributed by atoms with Crippen LogP contribution in [0, 0.1) is 0 Å². The zero-order chi connectivity index (χ0) is 16.9. The lowest BCUT2D eigenvalue weighted by Gasteiger charge is -2.29. The van der Waals surface area contributed by atoms with Crippen LogP contribution in [0.15, 0.2) is 32.7 Å². The highest BCUT2D eigenvalue weighted by Crippen LogP contribution is 2.27. The van der Waals surface area contributed by atoms with Gasteiger partial charge in [-0.3, -0.25) is 9.78 Å². The van der Waals surface area contributed by atoms with E-state index in [1.54, 1.807) is 0 Å². The third kappa shape index (κ3) is 2.79. The average molecular weight is 350 g/mol. The molecule has 2 aliphatic rings. The molecule has 2 aliphatic heterocycles. The molecule has 1 aromatic heterocycles. The van der Waals surface area contributed by atoms with E-state index in [0.717, 1.165) is 25.7 Å². The van der Waals surface area contributed by atoms with E-state index in [4.69, 9.17) is 0 Å². The van der Waals surface area contributed by atoms with Gasteiger partial charge in [-0.2, -0.15) is 0 Å². The maximum atomic E-state index is 12.6. The number of sulfonamides is 1. The van der Waals surface area contributed by atoms with Crippen LogP contribution < -0.4 is 21.3 Å². The molecule has 2 unspecified atom stereocenters. The lowest BCUT2D eigenvalue weighted by Crippen LogP contribution is -2.47. The molecule has 2 saturated heterocycles. The summed E-state index contributed by atoms with van der Waals surface area (Å²) in [7, 11) is -3.72. The Hall–Kier alpha value is -1.97. The van der Waals surface area contributed by atoms with E-state index in [1.807, 2.05) is 0 Å². The van der Waals surface area contributed by atoms with Gasteiger partial charge in [0, 0.05) is 18.1 Å². The molecule has 2 atom stereocenters. The molecule has 4 rings (SSSR count). The van der Waals surface area contributed by atoms with E-state index in [0.29, 0.717) is 17.6 Å². The van der Waals surface area contributed by atoms with Crippen LogP contribution in [-0.2, 0) is 10.0 Å². The Morgan fingerprint density at radius 1 is 1.04 bits per heavy atom. The second-order valence-corrected chi connectivity index (χ2v) is 8.26. The third-order valence-electron chi connectivity index (χ3n) is 4.82. The van der Waals surface area contributed by atoms with Gasteiger partial charge in [0.05, 0.1) is 15.8 Å². The molecule has 2 fully saturated rings. The summed E-state index contributed by atoms with van der Waals surface area (Å²) in [6, 6.07) is 4.78. The SMILES string of the molecule is O=c1[nH]c(=O)c2cc(S(=O)(=O)NC3CC4CCC(C3)N4)ccc2[nH]1. The summed E-state index contributed by atoms with van der Waals surface area (Å²) in [6.07, 6.45) is 3.72. The molecule has 2 bridgehead atoms. The van der Waals surface area contributed by atoms with Gasteiger partial charge in [0.2, 0.25) is 10.0 Å². The molecule has 2 aromatic rings. The number of piperidine rings is 1. The third-order valence-corrected chi connectivity index (χ3v) is 6.33. The van der Waals surface area contributed by atoms with Crippen molar-refractivity contribution >= 4 is 20.9 Å². The standard InChI is InChI=1S/C15H18N4O4S/c20-14-12-7-11(3-4-13(12)17-15(21)18-14)24(22,23)19-10-5-8-1-2-9(6-10)16-8/h3-4,7-10,16,19H,1-2,5-6H2,(H2,17,18,20,21). The Morgan fingerprint density at radius 3 is 2.46 bits per heavy atom. The summed E-state index contributed by atoms with van der Waals surface area (Å²) in [5.41, 5.74) is -0.917. The molecule has 0 spiro atoms. The molecule has 128 valence electrons. The lowest BCUT2D eigenvalue weighted by molar-refractivity contribution is 0.345. The molecule has 0 saturated carbocycles. The molecule has 4 N–H and O–H groups in total. The number of aromatic nitrogens is 2. The molecular formula is C15H18N4O4S. The van der Waals surface area contributed by atoms with Gasteiger partial charge in [-0.1, -0.05) is 0 Å². The van der Waals surface area contributed by atoms with Crippen LogP contribution in [-0.4, -0.2) is 36.5 Å². The van der Waals surface area contributed by atoms with E-state index in [2.05, 4.69) is 20.0 Å². The summed E-state index contributed by atoms with van der Waals surface area (Å²) in [4.78, 5) is 27.7. The quantitative estimate of drug-likeness (QED) is 0.609. The van der Waals surface area contributed by atoms with Crippen molar-refractivity contribution in [3.05, 3.63) is 39.0 Å². The van der Waals surface area contributed by atoms with Gasteiger partial charge in [0.25, 0.3) is 5.56 Å². The second kappa shape index (κ2) is 5.54. The van der Waals surface area contributed by atoms with Crippen LogP contribution in [0.25, 0.3) is 10.9 Å². The minimum absolute atomic E-state index is 0.0263. The Labute approximate surface area is 137 Å². The van der Waals surface area contributed by atoms with Crippen molar-refractivity contribution in [3.63, 3.8) is 0 Å². The maximum absolute atomic E-state index is 12.6. The van der Waals surface area contributed by atoms with Crippen molar-refractivity contribution < 1.29 is 8.42 Å². The van der Waals surface area contributed by atoms with Gasteiger partial charge in [-0.25, -0.2) is 17.9 Å². The molecule has 0 aliphatic carbocycles. The Bertz CT molecular complexity index is 998. The Balaban J connectivity index is 1.65. The largest absolute Gasteiger partial charge is 0.326 e. The van der Waals surface area contributed by atoms with Gasteiger partial charge >= 0.3 is 5.69 Å². The number of aromatic amines is 2. The minimum Gasteiger partial charge on any atom is -0.311 e. The number of fused-ring (bicyclic) bond motifs is 3. The molecule has 9 heteroatoms. The number of hydrogen-bond donors (Lipinski definition) is 4. The van der Waals surface area contributed by atoms with Crippen LogP contribution >= 0.6 is 0 Å². The van der Waals surface area contributed by atoms with E-state index < -0.39 is 21.3 Å². The predicted octanol–water partition coefficient (Wildman–Crippen LogP) is -0.222. The molecule has 3 heterocycles. The maximum Gasteiger partial charge on any atom is 0.326 e. The fourth-order valence-corrected chi connectivity index (χ4v) is 5.04. The summed E-state index contributed by atoms with van der Waals surface area (Å²) in [6.45, 7) is 0. The van der Waals surface area contributed by atoms with E-state index in [1.165, 1.54) is 18.2 Å². The average Bonchev–Trinajstić information content (AvgIpc) is 2.85. The summed E-state index contributed by atoms with van der Waals surface area (Å²) < 4.78 is 28.0. The summed E-state index contributed by atoms with van der Waals surface area (Å²) in [5.74, 6) is 0. The van der Waals surface area contributed by atoms with Crippen LogP contribution in [0.5, 0.6) is 0 Å². The van der Waals surface area contributed by atoms with Gasteiger partial charge in [-0.05, 0) is 43.9 Å². The second-order valence-electron chi connectivity index (χ2n) is 6.54. The van der Waals surface area contributed by atoms with Crippen molar-refractivity contribution in [2.45, 2.75) is 48.7 Å². The van der Waals surface area contributed by atoms with Crippen molar-refractivity contribution in [2.75, 3.05) is 0 Å². The number of benzene rings is 1. The number of hydrogen-bond acceptors (Lipinski definition) is 5. The van der Waals surface area contributed by atoms with Crippen molar-refractivity contribution in [2.24, 2.45) is 0 Å². The first-order chi connectivity index (χ1) is 11.4. The highest BCUT2D eigenvalue weighted by atomic mass is 32.2. The van der Waals surface area contributed by atoms with Gasteiger partial charge in [0.15, 0.2) is 0 Å². The highest BCUT2D eigenvalue weighted by Gasteiger charge is 2.35. The number of rotatable bonds is 3. The predicted molar refractivity (Wildman–Crippen MR) is 88.5 cm³/mol. The van der Waals surface area contributed by atoms with Crippen LogP contribution in [0.2, 0.25) is 0 Å². The lowest BCUT2D eigenvalue weighted by atomic mass is 10.0. The topological polar surface area (TPSA) is 124 Å². The van der Waals surface area contributed by atoms with Crippen LogP contribution in [0.1, 0.15) is 25.7 Å². The van der Waals surface area contributed by atoms with Crippen molar-refractivity contribution in [1.29, 1.82) is 0 Å². The summed E-state index contributed by atoms with van der Waals surface area (Å²) in [5, 5.41) is 3.61. The molecule has 1 aromatic carbocycles. The summed E-state index contributed by atoms with van der Waals surface area (Å²) >= 11 is 0. The zero-order valence-corrected chi connectivity index (χ0v) is 13.7. The minimum atomic E-state index is -3.72. The smallest absolute Gasteiger partial charge is 0.311 e. The zero-order valence-electron chi connectivity index (χ0n) is 12.8. The molecule has 0 amide bonds. The molecule has 8 nitrogen and oxygen atoms in total. The number of H-pyrrole nitrogens is 2. The fraction of sp³-hybridized carbons (Fsp3) is 0.467. The molecule has 0 radical (unpaired) electrons. The van der Waals surface area contributed by atoms with Crippen LogP contribution in [0.4, 0.5) is 0 Å². The van der Waals surface area contributed by atoms with Gasteiger partial charge in [0.1, 0.15) is 0 Å². The normalized spacial score (nSPS) is 26.8. The van der Waals surface area contributed by atoms with E-state index in [-0.39, 0.29) is 16.3 Å². The van der Waals surface area contributed by atoms with Crippen molar-refractivity contribution in [3.8, 4) is 0 Å². The monoisotopic (exact) mass is 350 g/mol. The van der Waals surface area contributed by atoms with E-state index in [9.17, 15) is 18.0 Å². The molecule has 24 heavy (non-hydrogen) atoms. The highest BCUT2D eigenvalue weighted by molar-refractivity contribution is 7.89. The first-order valence-corrected chi connectivity index (χ1v) is 9.44. The van der Waals surface area contributed by atoms with Gasteiger partial charge in [-0.15, -0.1) is 0 Å². The first-order valence-electron chi connectivity index (χ1n) is 7.95. The Morgan fingerprint density at radius 2 is 1.75 bits per heavy atom. The first kappa shape index (κ1) is 15.6.